The van der Waals surface area contributed by atoms with Gasteiger partial charge in [0.15, 0.2) is 5.69 Å². The van der Waals surface area contributed by atoms with Gasteiger partial charge < -0.3 is 15.5 Å². The van der Waals surface area contributed by atoms with Gasteiger partial charge in [-0.25, -0.2) is 0 Å². The first-order chi connectivity index (χ1) is 14.2. The molecule has 6 nitrogen and oxygen atoms in total. The normalized spacial score (nSPS) is 13.5. The first-order valence-corrected chi connectivity index (χ1v) is 10.6. The molecular weight excluding hydrogens is 362 g/mol. The Morgan fingerprint density at radius 1 is 1.03 bits per heavy atom. The Bertz CT molecular complexity index is 810. The lowest BCUT2D eigenvalue weighted by Gasteiger charge is -2.21. The van der Waals surface area contributed by atoms with Crippen molar-refractivity contribution in [1.82, 2.24) is 10.2 Å². The maximum atomic E-state index is 12.4. The summed E-state index contributed by atoms with van der Waals surface area (Å²) in [5.74, 6) is 0.438. The van der Waals surface area contributed by atoms with E-state index >= 15 is 0 Å². The number of allylic oxidation sites excluding steroid dienone is 1. The van der Waals surface area contributed by atoms with E-state index in [1.165, 1.54) is 31.3 Å². The van der Waals surface area contributed by atoms with Gasteiger partial charge in [0.2, 0.25) is 0 Å². The van der Waals surface area contributed by atoms with Crippen LogP contribution in [0.3, 0.4) is 0 Å². The zero-order chi connectivity index (χ0) is 20.5. The van der Waals surface area contributed by atoms with E-state index in [1.54, 1.807) is 12.1 Å². The van der Waals surface area contributed by atoms with Crippen molar-refractivity contribution >= 4 is 23.1 Å². The number of benzene rings is 1. The molecule has 2 N–H and O–H groups in total. The van der Waals surface area contributed by atoms with Gasteiger partial charge in [0.1, 0.15) is 5.82 Å². The van der Waals surface area contributed by atoms with Gasteiger partial charge in [0.25, 0.3) is 5.91 Å². The monoisotopic (exact) mass is 393 g/mol. The predicted octanol–water partition coefficient (Wildman–Crippen LogP) is 4.88. The van der Waals surface area contributed by atoms with Crippen LogP contribution in [-0.4, -0.2) is 35.7 Å². The Morgan fingerprint density at radius 2 is 1.83 bits per heavy atom. The van der Waals surface area contributed by atoms with Crippen LogP contribution in [0.25, 0.3) is 0 Å². The van der Waals surface area contributed by atoms with E-state index < -0.39 is 0 Å². The SMILES string of the molecule is CCN(CC)c1ccc(NC(=O)c2ccc(NCCC3=CCCCC3)nn2)cc1. The second-order valence-electron chi connectivity index (χ2n) is 7.26. The number of nitrogens with zero attached hydrogens (tertiary/aromatic N) is 3. The van der Waals surface area contributed by atoms with Crippen molar-refractivity contribution in [3.63, 3.8) is 0 Å². The Balaban J connectivity index is 1.50. The number of carbonyl (C=O) groups is 1. The highest BCUT2D eigenvalue weighted by molar-refractivity contribution is 6.02. The van der Waals surface area contributed by atoms with Crippen LogP contribution in [0.5, 0.6) is 0 Å². The van der Waals surface area contributed by atoms with Crippen molar-refractivity contribution in [3.05, 3.63) is 53.7 Å². The van der Waals surface area contributed by atoms with Crippen LogP contribution in [0.2, 0.25) is 0 Å². The molecule has 6 heteroatoms. The van der Waals surface area contributed by atoms with Gasteiger partial charge in [0.05, 0.1) is 0 Å². The molecular formula is C23H31N5O. The molecule has 0 spiro atoms. The van der Waals surface area contributed by atoms with Crippen molar-refractivity contribution in [1.29, 1.82) is 0 Å². The van der Waals surface area contributed by atoms with E-state index in [0.717, 1.165) is 37.4 Å². The number of hydrogen-bond acceptors (Lipinski definition) is 5. The Hall–Kier alpha value is -2.89. The molecule has 0 saturated heterocycles. The number of carbonyl (C=O) groups excluding carboxylic acids is 1. The first-order valence-electron chi connectivity index (χ1n) is 10.6. The third kappa shape index (κ3) is 6.04. The average molecular weight is 394 g/mol. The average Bonchev–Trinajstić information content (AvgIpc) is 2.77. The predicted molar refractivity (Wildman–Crippen MR) is 120 cm³/mol. The maximum absolute atomic E-state index is 12.4. The van der Waals surface area contributed by atoms with Crippen LogP contribution in [0.4, 0.5) is 17.2 Å². The van der Waals surface area contributed by atoms with Gasteiger partial charge in [-0.15, -0.1) is 10.2 Å². The van der Waals surface area contributed by atoms with Crippen LogP contribution < -0.4 is 15.5 Å². The highest BCUT2D eigenvalue weighted by Gasteiger charge is 2.10. The first kappa shape index (κ1) is 20.8. The topological polar surface area (TPSA) is 70.2 Å². The van der Waals surface area contributed by atoms with E-state index in [2.05, 4.69) is 45.7 Å². The fourth-order valence-electron chi connectivity index (χ4n) is 3.57. The fourth-order valence-corrected chi connectivity index (χ4v) is 3.57. The summed E-state index contributed by atoms with van der Waals surface area (Å²) in [4.78, 5) is 14.7. The third-order valence-electron chi connectivity index (χ3n) is 5.29. The molecule has 29 heavy (non-hydrogen) atoms. The fraction of sp³-hybridized carbons (Fsp3) is 0.435. The number of rotatable bonds is 9. The van der Waals surface area contributed by atoms with Crippen LogP contribution >= 0.6 is 0 Å². The van der Waals surface area contributed by atoms with Crippen LogP contribution in [0.1, 0.15) is 56.4 Å². The van der Waals surface area contributed by atoms with Gasteiger partial charge in [-0.3, -0.25) is 4.79 Å². The van der Waals surface area contributed by atoms with Gasteiger partial charge in [-0.05, 0) is 82.3 Å². The largest absolute Gasteiger partial charge is 0.372 e. The molecule has 0 fully saturated rings. The molecule has 1 amide bonds. The van der Waals surface area contributed by atoms with E-state index in [9.17, 15) is 4.79 Å². The Labute approximate surface area is 173 Å². The summed E-state index contributed by atoms with van der Waals surface area (Å²) >= 11 is 0. The number of amides is 1. The molecule has 1 aromatic heterocycles. The number of anilines is 3. The molecule has 1 aliphatic rings. The molecule has 0 aliphatic heterocycles. The second kappa shape index (κ2) is 10.6. The Kier molecular flexibility index (Phi) is 7.61. The smallest absolute Gasteiger partial charge is 0.276 e. The van der Waals surface area contributed by atoms with E-state index in [-0.39, 0.29) is 5.91 Å². The van der Waals surface area contributed by atoms with Crippen molar-refractivity contribution in [2.45, 2.75) is 46.0 Å². The van der Waals surface area contributed by atoms with Gasteiger partial charge in [-0.1, -0.05) is 11.6 Å². The molecule has 0 saturated carbocycles. The molecule has 0 bridgehead atoms. The minimum atomic E-state index is -0.257. The molecule has 2 aromatic rings. The Morgan fingerprint density at radius 3 is 2.45 bits per heavy atom. The summed E-state index contributed by atoms with van der Waals surface area (Å²) < 4.78 is 0. The number of nitrogens with one attached hydrogen (secondary N) is 2. The van der Waals surface area contributed by atoms with Crippen LogP contribution in [0.15, 0.2) is 48.0 Å². The molecule has 0 unspecified atom stereocenters. The van der Waals surface area contributed by atoms with Crippen molar-refractivity contribution in [2.24, 2.45) is 0 Å². The zero-order valence-corrected chi connectivity index (χ0v) is 17.4. The second-order valence-corrected chi connectivity index (χ2v) is 7.26. The minimum absolute atomic E-state index is 0.257. The molecule has 1 aromatic carbocycles. The van der Waals surface area contributed by atoms with Gasteiger partial charge in [0, 0.05) is 31.0 Å². The lowest BCUT2D eigenvalue weighted by atomic mass is 9.97. The standard InChI is InChI=1S/C23H31N5O/c1-3-28(4-2)20-12-10-19(11-13-20)25-23(29)21-14-15-22(27-26-21)24-17-16-18-8-6-5-7-9-18/h8,10-15H,3-7,9,16-17H2,1-2H3,(H,24,27)(H,25,29). The highest BCUT2D eigenvalue weighted by atomic mass is 16.1. The molecule has 0 atom stereocenters. The van der Waals surface area contributed by atoms with E-state index in [4.69, 9.17) is 0 Å². The lowest BCUT2D eigenvalue weighted by Crippen LogP contribution is -2.21. The van der Waals surface area contributed by atoms with Crippen LogP contribution in [0, 0.1) is 0 Å². The highest BCUT2D eigenvalue weighted by Crippen LogP contribution is 2.20. The quantitative estimate of drug-likeness (QED) is 0.594. The summed E-state index contributed by atoms with van der Waals surface area (Å²) in [7, 11) is 0. The van der Waals surface area contributed by atoms with Gasteiger partial charge >= 0.3 is 0 Å². The lowest BCUT2D eigenvalue weighted by molar-refractivity contribution is 0.102. The van der Waals surface area contributed by atoms with Crippen molar-refractivity contribution < 1.29 is 4.79 Å². The molecule has 1 heterocycles. The van der Waals surface area contributed by atoms with E-state index in [1.807, 2.05) is 24.3 Å². The molecule has 1 aliphatic carbocycles. The maximum Gasteiger partial charge on any atom is 0.276 e. The number of hydrogen-bond donors (Lipinski definition) is 2. The molecule has 154 valence electrons. The summed E-state index contributed by atoms with van der Waals surface area (Å²) in [6.45, 7) is 7.00. The van der Waals surface area contributed by atoms with Crippen molar-refractivity contribution in [2.75, 3.05) is 35.2 Å². The van der Waals surface area contributed by atoms with Crippen LogP contribution in [-0.2, 0) is 0 Å². The summed E-state index contributed by atoms with van der Waals surface area (Å²) in [5.41, 5.74) is 3.72. The third-order valence-corrected chi connectivity index (χ3v) is 5.29. The number of aromatic nitrogens is 2. The summed E-state index contributed by atoms with van der Waals surface area (Å²) in [6, 6.07) is 11.4. The van der Waals surface area contributed by atoms with E-state index in [0.29, 0.717) is 11.5 Å². The zero-order valence-electron chi connectivity index (χ0n) is 17.4. The van der Waals surface area contributed by atoms with Gasteiger partial charge in [-0.2, -0.15) is 0 Å². The minimum Gasteiger partial charge on any atom is -0.372 e. The molecule has 0 radical (unpaired) electrons. The van der Waals surface area contributed by atoms with Crippen molar-refractivity contribution in [3.8, 4) is 0 Å². The molecule has 3 rings (SSSR count). The summed E-state index contributed by atoms with van der Waals surface area (Å²) in [5, 5.41) is 14.4. The summed E-state index contributed by atoms with van der Waals surface area (Å²) in [6.07, 6.45) is 8.42.